The van der Waals surface area contributed by atoms with Crippen LogP contribution in [-0.2, 0) is 24.0 Å². The summed E-state index contributed by atoms with van der Waals surface area (Å²) in [4.78, 5) is 21.7. The molecule has 0 saturated carbocycles. The van der Waals surface area contributed by atoms with E-state index in [1.807, 2.05) is 0 Å². The summed E-state index contributed by atoms with van der Waals surface area (Å²) in [7, 11) is -4.06. The van der Waals surface area contributed by atoms with Crippen LogP contribution in [0.1, 0.15) is 19.8 Å². The van der Waals surface area contributed by atoms with Gasteiger partial charge < -0.3 is 0 Å². The highest BCUT2D eigenvalue weighted by Crippen LogP contribution is 2.16. The minimum absolute atomic E-state index is 0.0233. The molecule has 6 nitrogen and oxygen atoms in total. The molecular weight excluding hydrogens is 210 g/mol. The molecule has 2 amide bonds. The Bertz CT molecular complexity index is 380. The van der Waals surface area contributed by atoms with Crippen molar-refractivity contribution in [1.82, 2.24) is 5.06 Å². The second-order valence-corrected chi connectivity index (χ2v) is 4.57. The van der Waals surface area contributed by atoms with E-state index in [0.717, 1.165) is 0 Å². The standard InChI is InChI=1S/C7H9NO5S/c1-5(2)14(11,12)13-8-6(9)3-4-7(8)10/h1,3-4H2,2H3. The van der Waals surface area contributed by atoms with Gasteiger partial charge in [0, 0.05) is 12.8 Å². The van der Waals surface area contributed by atoms with Crippen molar-refractivity contribution < 1.29 is 22.3 Å². The number of hydroxylamine groups is 2. The zero-order valence-corrected chi connectivity index (χ0v) is 8.33. The van der Waals surface area contributed by atoms with Gasteiger partial charge in [0.2, 0.25) is 0 Å². The number of carbonyl (C=O) groups is 2. The fourth-order valence-corrected chi connectivity index (χ4v) is 1.29. The molecule has 0 atom stereocenters. The normalized spacial score (nSPS) is 17.6. The molecule has 0 bridgehead atoms. The van der Waals surface area contributed by atoms with Gasteiger partial charge in [-0.3, -0.25) is 9.59 Å². The lowest BCUT2D eigenvalue weighted by Crippen LogP contribution is -2.32. The first kappa shape index (κ1) is 10.9. The highest BCUT2D eigenvalue weighted by molar-refractivity contribution is 7.90. The molecule has 1 aliphatic heterocycles. The van der Waals surface area contributed by atoms with Gasteiger partial charge >= 0.3 is 10.1 Å². The molecule has 1 fully saturated rings. The zero-order chi connectivity index (χ0) is 10.9. The molecule has 0 N–H and O–H groups in total. The van der Waals surface area contributed by atoms with Crippen LogP contribution in [0.3, 0.4) is 0 Å². The summed E-state index contributed by atoms with van der Waals surface area (Å²) in [5, 5.41) is 0.268. The van der Waals surface area contributed by atoms with Crippen LogP contribution < -0.4 is 0 Å². The van der Waals surface area contributed by atoms with Crippen LogP contribution in [0.5, 0.6) is 0 Å². The van der Waals surface area contributed by atoms with Crippen LogP contribution in [-0.4, -0.2) is 25.3 Å². The number of hydrogen-bond acceptors (Lipinski definition) is 5. The van der Waals surface area contributed by atoms with E-state index in [0.29, 0.717) is 0 Å². The van der Waals surface area contributed by atoms with Crippen molar-refractivity contribution in [3.8, 4) is 0 Å². The summed E-state index contributed by atoms with van der Waals surface area (Å²) in [6.07, 6.45) is -0.0465. The van der Waals surface area contributed by atoms with E-state index in [1.54, 1.807) is 0 Å². The average Bonchev–Trinajstić information content (AvgIpc) is 2.35. The Labute approximate surface area is 81.2 Å². The summed E-state index contributed by atoms with van der Waals surface area (Å²) >= 11 is 0. The van der Waals surface area contributed by atoms with Gasteiger partial charge in [-0.25, -0.2) is 0 Å². The van der Waals surface area contributed by atoms with Crippen molar-refractivity contribution in [2.24, 2.45) is 0 Å². The van der Waals surface area contributed by atoms with Crippen molar-refractivity contribution >= 4 is 21.9 Å². The molecule has 78 valence electrons. The Morgan fingerprint density at radius 1 is 1.36 bits per heavy atom. The SMILES string of the molecule is C=C(C)S(=O)(=O)ON1C(=O)CCC1=O. The van der Waals surface area contributed by atoms with E-state index < -0.39 is 21.9 Å². The second-order valence-electron chi connectivity index (χ2n) is 2.81. The van der Waals surface area contributed by atoms with Crippen LogP contribution in [0.4, 0.5) is 0 Å². The Morgan fingerprint density at radius 2 is 1.79 bits per heavy atom. The van der Waals surface area contributed by atoms with Crippen molar-refractivity contribution in [3.63, 3.8) is 0 Å². The molecule has 0 spiro atoms. The van der Waals surface area contributed by atoms with Gasteiger partial charge in [-0.2, -0.15) is 8.42 Å². The lowest BCUT2D eigenvalue weighted by Gasteiger charge is -2.12. The summed E-state index contributed by atoms with van der Waals surface area (Å²) in [6, 6.07) is 0. The molecule has 0 radical (unpaired) electrons. The van der Waals surface area contributed by atoms with E-state index >= 15 is 0 Å². The van der Waals surface area contributed by atoms with Crippen molar-refractivity contribution in [1.29, 1.82) is 0 Å². The smallest absolute Gasteiger partial charge is 0.272 e. The Hall–Kier alpha value is -1.21. The maximum atomic E-state index is 11.1. The molecule has 1 saturated heterocycles. The first-order chi connectivity index (χ1) is 6.34. The highest BCUT2D eigenvalue weighted by Gasteiger charge is 2.34. The number of hydrogen-bond donors (Lipinski definition) is 0. The predicted molar refractivity (Wildman–Crippen MR) is 45.9 cm³/mol. The summed E-state index contributed by atoms with van der Waals surface area (Å²) in [5.74, 6) is -1.31. The van der Waals surface area contributed by atoms with Crippen LogP contribution in [0, 0.1) is 0 Å². The molecule has 0 aliphatic carbocycles. The lowest BCUT2D eigenvalue weighted by molar-refractivity contribution is -0.163. The number of allylic oxidation sites excluding steroid dienone is 1. The third-order valence-corrected chi connectivity index (χ3v) is 2.80. The number of carbonyl (C=O) groups excluding carboxylic acids is 2. The molecule has 0 unspecified atom stereocenters. The molecule has 1 heterocycles. The highest BCUT2D eigenvalue weighted by atomic mass is 32.2. The largest absolute Gasteiger partial charge is 0.313 e. The maximum Gasteiger partial charge on any atom is 0.313 e. The Morgan fingerprint density at radius 3 is 2.14 bits per heavy atom. The lowest BCUT2D eigenvalue weighted by atomic mass is 10.4. The van der Waals surface area contributed by atoms with Crippen molar-refractivity contribution in [3.05, 3.63) is 11.5 Å². The average molecular weight is 219 g/mol. The van der Waals surface area contributed by atoms with Crippen LogP contribution in [0.2, 0.25) is 0 Å². The minimum atomic E-state index is -4.06. The van der Waals surface area contributed by atoms with E-state index in [9.17, 15) is 18.0 Å². The molecule has 0 aromatic carbocycles. The fourth-order valence-electron chi connectivity index (χ4n) is 0.801. The third-order valence-electron chi connectivity index (χ3n) is 1.61. The van der Waals surface area contributed by atoms with Gasteiger partial charge in [0.15, 0.2) is 0 Å². The third kappa shape index (κ3) is 1.99. The quantitative estimate of drug-likeness (QED) is 0.621. The monoisotopic (exact) mass is 219 g/mol. The first-order valence-electron chi connectivity index (χ1n) is 3.80. The van der Waals surface area contributed by atoms with Gasteiger partial charge in [0.1, 0.15) is 0 Å². The molecule has 0 aromatic heterocycles. The molecule has 1 rings (SSSR count). The van der Waals surface area contributed by atoms with Gasteiger partial charge in [-0.05, 0) is 6.92 Å². The number of imide groups is 1. The molecule has 0 aromatic rings. The number of amides is 2. The summed E-state index contributed by atoms with van der Waals surface area (Å²) in [5.41, 5.74) is 0. The molecular formula is C7H9NO5S. The van der Waals surface area contributed by atoms with Crippen molar-refractivity contribution in [2.75, 3.05) is 0 Å². The zero-order valence-electron chi connectivity index (χ0n) is 7.52. The van der Waals surface area contributed by atoms with Gasteiger partial charge in [-0.15, -0.1) is 9.35 Å². The molecule has 14 heavy (non-hydrogen) atoms. The van der Waals surface area contributed by atoms with E-state index in [1.165, 1.54) is 6.92 Å². The summed E-state index contributed by atoms with van der Waals surface area (Å²) in [6.45, 7) is 4.37. The fraction of sp³-hybridized carbons (Fsp3) is 0.429. The Balaban J connectivity index is 2.84. The summed E-state index contributed by atoms with van der Waals surface area (Å²) < 4.78 is 26.5. The van der Waals surface area contributed by atoms with Crippen LogP contribution in [0.25, 0.3) is 0 Å². The predicted octanol–water partition coefficient (Wildman–Crippen LogP) is -0.0696. The van der Waals surface area contributed by atoms with E-state index in [4.69, 9.17) is 0 Å². The van der Waals surface area contributed by atoms with Crippen LogP contribution >= 0.6 is 0 Å². The van der Waals surface area contributed by atoms with E-state index in [-0.39, 0.29) is 22.8 Å². The molecule has 7 heteroatoms. The topological polar surface area (TPSA) is 80.8 Å². The first-order valence-corrected chi connectivity index (χ1v) is 5.21. The number of rotatable bonds is 3. The Kier molecular flexibility index (Phi) is 2.72. The van der Waals surface area contributed by atoms with Gasteiger partial charge in [0.05, 0.1) is 4.91 Å². The van der Waals surface area contributed by atoms with Gasteiger partial charge in [-0.1, -0.05) is 6.58 Å². The maximum absolute atomic E-state index is 11.1. The van der Waals surface area contributed by atoms with E-state index in [2.05, 4.69) is 10.9 Å². The molecule has 1 aliphatic rings. The minimum Gasteiger partial charge on any atom is -0.272 e. The second kappa shape index (κ2) is 3.50. The van der Waals surface area contributed by atoms with Crippen molar-refractivity contribution in [2.45, 2.75) is 19.8 Å². The van der Waals surface area contributed by atoms with Gasteiger partial charge in [0.25, 0.3) is 11.8 Å². The van der Waals surface area contributed by atoms with Crippen LogP contribution in [0.15, 0.2) is 11.5 Å². The number of nitrogens with zero attached hydrogens (tertiary/aromatic N) is 1.